The van der Waals surface area contributed by atoms with Crippen LogP contribution in [0.3, 0.4) is 0 Å². The molecule has 234 valence electrons. The third kappa shape index (κ3) is 4.61. The van der Waals surface area contributed by atoms with E-state index in [2.05, 4.69) is 144 Å². The van der Waals surface area contributed by atoms with E-state index in [4.69, 9.17) is 14.4 Å². The van der Waals surface area contributed by atoms with Gasteiger partial charge in [-0.05, 0) is 59.7 Å². The van der Waals surface area contributed by atoms with Gasteiger partial charge in [-0.2, -0.15) is 0 Å². The van der Waals surface area contributed by atoms with E-state index >= 15 is 0 Å². The number of nitrogens with zero attached hydrogens (tertiary/aromatic N) is 3. The van der Waals surface area contributed by atoms with Crippen LogP contribution in [-0.4, -0.2) is 14.5 Å². The molecule has 0 bridgehead atoms. The van der Waals surface area contributed by atoms with Crippen LogP contribution in [0.25, 0.3) is 94.5 Å². The number of para-hydroxylation sites is 3. The zero-order chi connectivity index (χ0) is 33.0. The van der Waals surface area contributed by atoms with E-state index in [1.165, 1.54) is 10.8 Å². The Labute approximate surface area is 288 Å². The Morgan fingerprint density at radius 2 is 0.980 bits per heavy atom. The Morgan fingerprint density at radius 3 is 1.82 bits per heavy atom. The van der Waals surface area contributed by atoms with Crippen molar-refractivity contribution in [2.75, 3.05) is 0 Å². The van der Waals surface area contributed by atoms with Crippen molar-refractivity contribution in [1.82, 2.24) is 14.5 Å². The Hall–Kier alpha value is -6.78. The maximum Gasteiger partial charge on any atom is 0.160 e. The first-order chi connectivity index (χ1) is 24.8. The summed E-state index contributed by atoms with van der Waals surface area (Å²) in [5.74, 6) is 0.700. The fourth-order valence-electron chi connectivity index (χ4n) is 7.26. The number of rotatable bonds is 5. The van der Waals surface area contributed by atoms with Gasteiger partial charge in [0.25, 0.3) is 0 Å². The van der Waals surface area contributed by atoms with Gasteiger partial charge in [-0.1, -0.05) is 127 Å². The quantitative estimate of drug-likeness (QED) is 0.188. The van der Waals surface area contributed by atoms with Gasteiger partial charge >= 0.3 is 0 Å². The average Bonchev–Trinajstić information content (AvgIpc) is 3.73. The van der Waals surface area contributed by atoms with Crippen LogP contribution in [0.15, 0.2) is 180 Å². The molecule has 0 atom stereocenters. The Kier molecular flexibility index (Phi) is 6.46. The molecule has 0 radical (unpaired) electrons. The predicted molar refractivity (Wildman–Crippen MR) is 205 cm³/mol. The smallest absolute Gasteiger partial charge is 0.160 e. The molecular weight excluding hydrogens is 611 g/mol. The molecule has 0 fully saturated rings. The van der Waals surface area contributed by atoms with Gasteiger partial charge in [-0.15, -0.1) is 0 Å². The SMILES string of the molecule is c1ccc(-c2cc(-c3ccccc3-n3c4ccccc4c4cc(-c5ccc6oc7ccccc7c6c5)ccc43)nc(-c3ccccc3)n2)cc1. The van der Waals surface area contributed by atoms with E-state index in [1.54, 1.807) is 0 Å². The monoisotopic (exact) mass is 639 g/mol. The van der Waals surface area contributed by atoms with E-state index in [-0.39, 0.29) is 0 Å². The molecular formula is C46H29N3O. The summed E-state index contributed by atoms with van der Waals surface area (Å²) in [5, 5.41) is 4.66. The molecule has 0 aliphatic carbocycles. The minimum absolute atomic E-state index is 0.700. The molecule has 3 heterocycles. The molecule has 7 aromatic carbocycles. The summed E-state index contributed by atoms with van der Waals surface area (Å²) in [6.07, 6.45) is 0. The van der Waals surface area contributed by atoms with Crippen molar-refractivity contribution in [3.63, 3.8) is 0 Å². The van der Waals surface area contributed by atoms with E-state index in [1.807, 2.05) is 36.4 Å². The molecule has 0 N–H and O–H groups in total. The average molecular weight is 640 g/mol. The van der Waals surface area contributed by atoms with Crippen molar-refractivity contribution in [3.8, 4) is 50.7 Å². The molecule has 4 nitrogen and oxygen atoms in total. The van der Waals surface area contributed by atoms with Gasteiger partial charge in [-0.3, -0.25) is 0 Å². The first kappa shape index (κ1) is 28.3. The molecule has 3 aromatic heterocycles. The first-order valence-electron chi connectivity index (χ1n) is 16.8. The Bertz CT molecular complexity index is 2810. The number of benzene rings is 7. The number of aromatic nitrogens is 3. The van der Waals surface area contributed by atoms with Crippen molar-refractivity contribution in [3.05, 3.63) is 176 Å². The van der Waals surface area contributed by atoms with Crippen LogP contribution in [0.1, 0.15) is 0 Å². The van der Waals surface area contributed by atoms with Gasteiger partial charge in [0.15, 0.2) is 5.82 Å². The summed E-state index contributed by atoms with van der Waals surface area (Å²) in [6.45, 7) is 0. The van der Waals surface area contributed by atoms with Crippen LogP contribution in [0.2, 0.25) is 0 Å². The van der Waals surface area contributed by atoms with Crippen LogP contribution >= 0.6 is 0 Å². The number of hydrogen-bond acceptors (Lipinski definition) is 3. The lowest BCUT2D eigenvalue weighted by molar-refractivity contribution is 0.669. The second-order valence-electron chi connectivity index (χ2n) is 12.6. The van der Waals surface area contributed by atoms with Gasteiger partial charge in [0.05, 0.1) is 28.1 Å². The van der Waals surface area contributed by atoms with Gasteiger partial charge in [0, 0.05) is 38.2 Å². The minimum atomic E-state index is 0.700. The van der Waals surface area contributed by atoms with Crippen molar-refractivity contribution in [2.45, 2.75) is 0 Å². The third-order valence-corrected chi connectivity index (χ3v) is 9.63. The van der Waals surface area contributed by atoms with Gasteiger partial charge in [0.1, 0.15) is 11.2 Å². The summed E-state index contributed by atoms with van der Waals surface area (Å²) in [5.41, 5.74) is 12.3. The van der Waals surface area contributed by atoms with Crippen LogP contribution in [0, 0.1) is 0 Å². The van der Waals surface area contributed by atoms with Gasteiger partial charge < -0.3 is 8.98 Å². The largest absolute Gasteiger partial charge is 0.456 e. The summed E-state index contributed by atoms with van der Waals surface area (Å²) in [4.78, 5) is 10.2. The topological polar surface area (TPSA) is 43.9 Å². The number of fused-ring (bicyclic) bond motifs is 6. The van der Waals surface area contributed by atoms with E-state index in [9.17, 15) is 0 Å². The third-order valence-electron chi connectivity index (χ3n) is 9.63. The molecule has 50 heavy (non-hydrogen) atoms. The first-order valence-corrected chi connectivity index (χ1v) is 16.8. The molecule has 0 unspecified atom stereocenters. The van der Waals surface area contributed by atoms with Crippen molar-refractivity contribution >= 4 is 43.7 Å². The molecule has 10 aromatic rings. The second kappa shape index (κ2) is 11.4. The van der Waals surface area contributed by atoms with Gasteiger partial charge in [-0.25, -0.2) is 9.97 Å². The summed E-state index contributed by atoms with van der Waals surface area (Å²) >= 11 is 0. The molecule has 0 aliphatic heterocycles. The lowest BCUT2D eigenvalue weighted by atomic mass is 10.0. The highest BCUT2D eigenvalue weighted by molar-refractivity contribution is 6.11. The Balaban J connectivity index is 1.17. The zero-order valence-electron chi connectivity index (χ0n) is 27.0. The number of furan rings is 1. The molecule has 0 amide bonds. The molecule has 0 saturated heterocycles. The molecule has 0 aliphatic rings. The predicted octanol–water partition coefficient (Wildman–Crippen LogP) is 12.1. The van der Waals surface area contributed by atoms with Crippen LogP contribution in [0.5, 0.6) is 0 Å². The molecule has 0 spiro atoms. The minimum Gasteiger partial charge on any atom is -0.456 e. The highest BCUT2D eigenvalue weighted by Gasteiger charge is 2.19. The van der Waals surface area contributed by atoms with Crippen molar-refractivity contribution < 1.29 is 4.42 Å². The summed E-state index contributed by atoms with van der Waals surface area (Å²) in [6, 6.07) is 61.4. The van der Waals surface area contributed by atoms with Crippen LogP contribution in [0.4, 0.5) is 0 Å². The van der Waals surface area contributed by atoms with E-state index in [0.717, 1.165) is 77.9 Å². The highest BCUT2D eigenvalue weighted by atomic mass is 16.3. The molecule has 10 rings (SSSR count). The lowest BCUT2D eigenvalue weighted by Gasteiger charge is -2.15. The van der Waals surface area contributed by atoms with Crippen LogP contribution < -0.4 is 0 Å². The van der Waals surface area contributed by atoms with Gasteiger partial charge in [0.2, 0.25) is 0 Å². The maximum atomic E-state index is 6.12. The van der Waals surface area contributed by atoms with Crippen molar-refractivity contribution in [2.24, 2.45) is 0 Å². The van der Waals surface area contributed by atoms with Crippen LogP contribution in [-0.2, 0) is 0 Å². The van der Waals surface area contributed by atoms with E-state index in [0.29, 0.717) is 5.82 Å². The molecule has 0 saturated carbocycles. The fraction of sp³-hybridized carbons (Fsp3) is 0. The van der Waals surface area contributed by atoms with E-state index < -0.39 is 0 Å². The zero-order valence-corrected chi connectivity index (χ0v) is 27.0. The van der Waals surface area contributed by atoms with Crippen molar-refractivity contribution in [1.29, 1.82) is 0 Å². The normalized spacial score (nSPS) is 11.6. The lowest BCUT2D eigenvalue weighted by Crippen LogP contribution is -2.00. The summed E-state index contributed by atoms with van der Waals surface area (Å²) < 4.78 is 8.50. The highest BCUT2D eigenvalue weighted by Crippen LogP contribution is 2.39. The standard InChI is InChI=1S/C46H29N3O/c1-3-13-30(14-4-1)39-29-40(48-46(47-39)31-15-5-2-6-16-31)36-19-8-11-21-42(36)49-41-20-10-7-17-34(41)37-27-32(23-25-43(37)49)33-24-26-45-38(28-33)35-18-9-12-22-44(35)50-45/h1-29H. The second-order valence-corrected chi connectivity index (χ2v) is 12.6. The Morgan fingerprint density at radius 1 is 0.380 bits per heavy atom. The number of hydrogen-bond donors (Lipinski definition) is 0. The maximum absolute atomic E-state index is 6.12. The fourth-order valence-corrected chi connectivity index (χ4v) is 7.26. The summed E-state index contributed by atoms with van der Waals surface area (Å²) in [7, 11) is 0. The molecule has 4 heteroatoms.